The summed E-state index contributed by atoms with van der Waals surface area (Å²) in [6.07, 6.45) is 2.05. The largest absolute Gasteiger partial charge is 0.496 e. The number of aliphatic hydroxyl groups is 1. The second-order valence-electron chi connectivity index (χ2n) is 9.54. The number of carbonyl (C=O) groups is 1. The Morgan fingerprint density at radius 1 is 1.20 bits per heavy atom. The fourth-order valence-corrected chi connectivity index (χ4v) is 5.18. The summed E-state index contributed by atoms with van der Waals surface area (Å²) < 4.78 is 42.1. The van der Waals surface area contributed by atoms with E-state index in [1.54, 1.807) is 25.3 Å². The number of pyridine rings is 1. The number of nitrogens with one attached hydrogen (secondary N) is 1. The van der Waals surface area contributed by atoms with Gasteiger partial charge in [0, 0.05) is 31.1 Å². The van der Waals surface area contributed by atoms with Crippen molar-refractivity contribution in [1.82, 2.24) is 14.8 Å². The van der Waals surface area contributed by atoms with Gasteiger partial charge < -0.3 is 30.5 Å². The molecule has 1 fully saturated rings. The smallest absolute Gasteiger partial charge is 0.274 e. The SMILES string of the molecule is COCCn1ncc2c(N3C[C@@H](N)C[C@H]3CO)c(NC(=O)c3cccc(-c4c(F)cccc4OC)n3)cc(F)c21. The van der Waals surface area contributed by atoms with Crippen LogP contribution in [0.3, 0.4) is 0 Å². The molecule has 0 bridgehead atoms. The molecule has 0 saturated carbocycles. The molecule has 2 atom stereocenters. The van der Waals surface area contributed by atoms with Gasteiger partial charge in [-0.3, -0.25) is 9.48 Å². The van der Waals surface area contributed by atoms with Crippen molar-refractivity contribution in [2.24, 2.45) is 5.73 Å². The number of hydrogen-bond donors (Lipinski definition) is 3. The summed E-state index contributed by atoms with van der Waals surface area (Å²) >= 11 is 0. The number of ether oxygens (including phenoxy) is 2. The molecular weight excluding hydrogens is 522 g/mol. The number of rotatable bonds is 9. The zero-order chi connectivity index (χ0) is 28.4. The molecule has 12 heteroatoms. The molecule has 3 heterocycles. The highest BCUT2D eigenvalue weighted by atomic mass is 19.1. The topological polar surface area (TPSA) is 128 Å². The van der Waals surface area contributed by atoms with Gasteiger partial charge in [0.05, 0.1) is 61.7 Å². The summed E-state index contributed by atoms with van der Waals surface area (Å²) in [6.45, 7) is 0.860. The van der Waals surface area contributed by atoms with Crippen LogP contribution >= 0.6 is 0 Å². The van der Waals surface area contributed by atoms with Crippen molar-refractivity contribution in [3.63, 3.8) is 0 Å². The predicted octanol–water partition coefficient (Wildman–Crippen LogP) is 3.18. The molecule has 10 nitrogen and oxygen atoms in total. The number of nitrogens with two attached hydrogens (primary N) is 1. The van der Waals surface area contributed by atoms with E-state index in [9.17, 15) is 14.3 Å². The normalized spacial score (nSPS) is 17.0. The van der Waals surface area contributed by atoms with E-state index < -0.39 is 17.5 Å². The molecule has 40 heavy (non-hydrogen) atoms. The number of nitrogens with zero attached hydrogens (tertiary/aromatic N) is 4. The Balaban J connectivity index is 1.57. The quantitative estimate of drug-likeness (QED) is 0.289. The molecule has 0 radical (unpaired) electrons. The van der Waals surface area contributed by atoms with Gasteiger partial charge in [0.25, 0.3) is 5.91 Å². The highest BCUT2D eigenvalue weighted by Crippen LogP contribution is 2.40. The minimum atomic E-state index is -0.632. The third kappa shape index (κ3) is 5.08. The molecule has 0 aliphatic carbocycles. The average Bonchev–Trinajstić information content (AvgIpc) is 3.55. The highest BCUT2D eigenvalue weighted by molar-refractivity contribution is 6.09. The van der Waals surface area contributed by atoms with Crippen LogP contribution in [0.25, 0.3) is 22.2 Å². The molecule has 1 amide bonds. The summed E-state index contributed by atoms with van der Waals surface area (Å²) in [7, 11) is 2.96. The first-order chi connectivity index (χ1) is 19.4. The van der Waals surface area contributed by atoms with Crippen molar-refractivity contribution in [2.75, 3.05) is 44.2 Å². The Morgan fingerprint density at radius 2 is 2.00 bits per heavy atom. The van der Waals surface area contributed by atoms with Crippen molar-refractivity contribution in [3.8, 4) is 17.0 Å². The average molecular weight is 553 g/mol. The third-order valence-corrected chi connectivity index (χ3v) is 6.98. The first-order valence-electron chi connectivity index (χ1n) is 12.8. The summed E-state index contributed by atoms with van der Waals surface area (Å²) in [6, 6.07) is 9.69. The van der Waals surface area contributed by atoms with E-state index in [0.29, 0.717) is 37.2 Å². The van der Waals surface area contributed by atoms with Gasteiger partial charge in [-0.25, -0.2) is 13.8 Å². The Kier molecular flexibility index (Phi) is 7.92. The lowest BCUT2D eigenvalue weighted by atomic mass is 10.1. The number of hydrogen-bond acceptors (Lipinski definition) is 8. The lowest BCUT2D eigenvalue weighted by Gasteiger charge is -2.28. The van der Waals surface area contributed by atoms with E-state index in [1.165, 1.54) is 42.3 Å². The second-order valence-corrected chi connectivity index (χ2v) is 9.54. The number of aliphatic hydroxyl groups excluding tert-OH is 1. The van der Waals surface area contributed by atoms with Gasteiger partial charge in [-0.15, -0.1) is 0 Å². The number of amides is 1. The van der Waals surface area contributed by atoms with Gasteiger partial charge in [-0.2, -0.15) is 5.10 Å². The van der Waals surface area contributed by atoms with Crippen LogP contribution in [0.4, 0.5) is 20.2 Å². The first-order valence-corrected chi connectivity index (χ1v) is 12.8. The van der Waals surface area contributed by atoms with Crippen LogP contribution in [-0.2, 0) is 11.3 Å². The van der Waals surface area contributed by atoms with Gasteiger partial charge in [-0.1, -0.05) is 12.1 Å². The summed E-state index contributed by atoms with van der Waals surface area (Å²) in [5.74, 6) is -1.51. The Labute approximate surface area is 229 Å². The number of methoxy groups -OCH3 is 2. The fourth-order valence-electron chi connectivity index (χ4n) is 5.18. The molecule has 1 saturated heterocycles. The molecule has 4 aromatic rings. The molecule has 0 unspecified atom stereocenters. The Bertz CT molecular complexity index is 1550. The summed E-state index contributed by atoms with van der Waals surface area (Å²) in [5.41, 5.74) is 7.44. The number of halogens is 2. The minimum Gasteiger partial charge on any atom is -0.496 e. The maximum Gasteiger partial charge on any atom is 0.274 e. The lowest BCUT2D eigenvalue weighted by molar-refractivity contribution is 0.102. The fraction of sp³-hybridized carbons (Fsp3) is 0.321. The van der Waals surface area contributed by atoms with Gasteiger partial charge >= 0.3 is 0 Å². The monoisotopic (exact) mass is 552 g/mol. The number of carbonyl (C=O) groups excluding carboxylic acids is 1. The van der Waals surface area contributed by atoms with Crippen LogP contribution in [0.1, 0.15) is 16.9 Å². The van der Waals surface area contributed by atoms with Gasteiger partial charge in [-0.05, 0) is 30.7 Å². The first kappa shape index (κ1) is 27.4. The number of anilines is 2. The van der Waals surface area contributed by atoms with E-state index in [1.807, 2.05) is 4.90 Å². The minimum absolute atomic E-state index is 0.0121. The van der Waals surface area contributed by atoms with E-state index in [-0.39, 0.29) is 52.6 Å². The molecule has 1 aliphatic heterocycles. The van der Waals surface area contributed by atoms with E-state index in [0.717, 1.165) is 0 Å². The van der Waals surface area contributed by atoms with Gasteiger partial charge in [0.15, 0.2) is 5.82 Å². The molecule has 5 rings (SSSR count). The van der Waals surface area contributed by atoms with Crippen LogP contribution in [0.2, 0.25) is 0 Å². The van der Waals surface area contributed by atoms with Crippen molar-refractivity contribution in [2.45, 2.75) is 25.0 Å². The third-order valence-electron chi connectivity index (χ3n) is 6.98. The number of aromatic nitrogens is 3. The van der Waals surface area contributed by atoms with Crippen molar-refractivity contribution in [1.29, 1.82) is 0 Å². The number of fused-ring (bicyclic) bond motifs is 1. The van der Waals surface area contributed by atoms with Crippen LogP contribution < -0.4 is 20.7 Å². The Hall–Kier alpha value is -4.13. The maximum absolute atomic E-state index is 15.5. The van der Waals surface area contributed by atoms with E-state index in [4.69, 9.17) is 15.2 Å². The molecule has 1 aliphatic rings. The molecule has 4 N–H and O–H groups in total. The van der Waals surface area contributed by atoms with E-state index >= 15 is 4.39 Å². The molecular formula is C28H30F2N6O4. The zero-order valence-corrected chi connectivity index (χ0v) is 22.1. The maximum atomic E-state index is 15.5. The van der Waals surface area contributed by atoms with E-state index in [2.05, 4.69) is 15.4 Å². The molecule has 2 aromatic heterocycles. The molecule has 2 aromatic carbocycles. The van der Waals surface area contributed by atoms with Crippen LogP contribution in [0, 0.1) is 11.6 Å². The molecule has 210 valence electrons. The highest BCUT2D eigenvalue weighted by Gasteiger charge is 2.34. The van der Waals surface area contributed by atoms with Crippen LogP contribution in [0.5, 0.6) is 5.75 Å². The van der Waals surface area contributed by atoms with Crippen LogP contribution in [-0.4, -0.2) is 71.8 Å². The van der Waals surface area contributed by atoms with Crippen molar-refractivity contribution < 1.29 is 28.2 Å². The summed E-state index contributed by atoms with van der Waals surface area (Å²) in [4.78, 5) is 19.7. The summed E-state index contributed by atoms with van der Waals surface area (Å²) in [5, 5.41) is 17.7. The van der Waals surface area contributed by atoms with Gasteiger partial charge in [0.1, 0.15) is 22.8 Å². The standard InChI is InChI=1S/C28H30F2N6O4/c1-39-10-9-36-26-18(13-32-36)27(35-14-16(31)11-17(35)15-37)23(12-20(26)30)34-28(38)22-7-4-6-21(33-22)25-19(29)5-3-8-24(25)40-2/h3-8,12-13,16-17,37H,9-11,14-15,31H2,1-2H3,(H,34,38)/t16-,17-/m0/s1. The molecule has 0 spiro atoms. The second kappa shape index (κ2) is 11.5. The predicted molar refractivity (Wildman–Crippen MR) is 147 cm³/mol. The lowest BCUT2D eigenvalue weighted by Crippen LogP contribution is -2.34. The Morgan fingerprint density at radius 3 is 2.75 bits per heavy atom. The van der Waals surface area contributed by atoms with Gasteiger partial charge in [0.2, 0.25) is 0 Å². The van der Waals surface area contributed by atoms with Crippen molar-refractivity contribution in [3.05, 3.63) is 66.0 Å². The zero-order valence-electron chi connectivity index (χ0n) is 22.1. The van der Waals surface area contributed by atoms with Crippen molar-refractivity contribution >= 4 is 28.2 Å². The number of benzene rings is 2. The van der Waals surface area contributed by atoms with Crippen LogP contribution in [0.15, 0.2) is 48.7 Å².